The van der Waals surface area contributed by atoms with Crippen molar-refractivity contribution in [2.24, 2.45) is 0 Å². The van der Waals surface area contributed by atoms with E-state index in [0.29, 0.717) is 0 Å². The molecule has 19 heavy (non-hydrogen) atoms. The van der Waals surface area contributed by atoms with Gasteiger partial charge in [0.2, 0.25) is 0 Å². The first-order valence-electron chi connectivity index (χ1n) is 4.09. The molecule has 0 aliphatic carbocycles. The van der Waals surface area contributed by atoms with E-state index in [1.54, 1.807) is 0 Å². The summed E-state index contributed by atoms with van der Waals surface area (Å²) in [5, 5.41) is 27.7. The van der Waals surface area contributed by atoms with E-state index in [1.807, 2.05) is 0 Å². The monoisotopic (exact) mass is 288 g/mol. The van der Waals surface area contributed by atoms with Crippen LogP contribution >= 0.6 is 0 Å². The number of Topliss-reactive ketones (excluding diaryl/α,β-unsaturated/α-hetero) is 3. The summed E-state index contributed by atoms with van der Waals surface area (Å²) in [6.07, 6.45) is 0. The summed E-state index contributed by atoms with van der Waals surface area (Å²) in [4.78, 5) is 56.2. The fourth-order valence-electron chi connectivity index (χ4n) is 0. The van der Waals surface area contributed by atoms with Gasteiger partial charge in [0.25, 0.3) is 0 Å². The van der Waals surface area contributed by atoms with Gasteiger partial charge in [-0.2, -0.15) is 0 Å². The molecule has 0 saturated carbocycles. The fraction of sp³-hybridized carbons (Fsp3) is 0.333. The molecule has 0 atom stereocenters. The summed E-state index contributed by atoms with van der Waals surface area (Å²) >= 11 is 0. The van der Waals surface area contributed by atoms with Crippen molar-refractivity contribution in [3.8, 4) is 0 Å². The molecule has 0 heterocycles. The maximum atomic E-state index is 9.48. The first kappa shape index (κ1) is 25.7. The molecule has 0 unspecified atom stereocenters. The van der Waals surface area contributed by atoms with E-state index in [4.69, 9.17) is 0 Å². The molecule has 0 rings (SSSR count). The Bertz CT molecular complexity index is 279. The zero-order chi connectivity index (χ0) is 15.5. The zero-order valence-corrected chi connectivity index (χ0v) is 11.4. The van der Waals surface area contributed by atoms with Crippen molar-refractivity contribution in [1.82, 2.24) is 0 Å². The second-order valence-corrected chi connectivity index (χ2v) is 2.53. The second kappa shape index (κ2) is 14.0. The number of carboxylic acid groups (broad SMARTS) is 3. The van der Waals surface area contributed by atoms with Gasteiger partial charge in [0, 0.05) is 20.8 Å². The van der Waals surface area contributed by atoms with E-state index in [2.05, 4.69) is 0 Å². The third-order valence-electron chi connectivity index (χ3n) is 0.862. The second-order valence-electron chi connectivity index (χ2n) is 2.53. The third kappa shape index (κ3) is 31.4. The van der Waals surface area contributed by atoms with Crippen LogP contribution in [0.2, 0.25) is 0 Å². The van der Waals surface area contributed by atoms with E-state index in [9.17, 15) is 44.1 Å². The van der Waals surface area contributed by atoms with Crippen LogP contribution in [-0.2, 0) is 28.8 Å². The third-order valence-corrected chi connectivity index (χ3v) is 0.862. The van der Waals surface area contributed by atoms with Gasteiger partial charge < -0.3 is 29.7 Å². The van der Waals surface area contributed by atoms with Crippen molar-refractivity contribution in [1.29, 1.82) is 0 Å². The molecule has 0 saturated heterocycles. The quantitative estimate of drug-likeness (QED) is 0.362. The molecular formula is C9H9AlO9. The molecular weight excluding hydrogens is 279 g/mol. The SMILES string of the molecule is CC(=O)C(=O)[O-].CC(=O)C(=O)[O-].CC(=O)C(=O)[O-].[Al+3]. The summed E-state index contributed by atoms with van der Waals surface area (Å²) in [5.41, 5.74) is 0. The Labute approximate surface area is 118 Å². The smallest absolute Gasteiger partial charge is 0.542 e. The minimum absolute atomic E-state index is 0. The predicted molar refractivity (Wildman–Crippen MR) is 52.8 cm³/mol. The molecule has 0 aromatic carbocycles. The van der Waals surface area contributed by atoms with Gasteiger partial charge >= 0.3 is 17.4 Å². The Kier molecular flexibility index (Phi) is 19.0. The van der Waals surface area contributed by atoms with Crippen LogP contribution < -0.4 is 15.3 Å². The number of ketones is 3. The Morgan fingerprint density at radius 2 is 0.579 bits per heavy atom. The van der Waals surface area contributed by atoms with Gasteiger partial charge in [0.15, 0.2) is 17.3 Å². The minimum atomic E-state index is -1.63. The Morgan fingerprint density at radius 1 is 0.526 bits per heavy atom. The molecule has 0 spiro atoms. The van der Waals surface area contributed by atoms with E-state index < -0.39 is 35.3 Å². The van der Waals surface area contributed by atoms with Crippen LogP contribution in [0.15, 0.2) is 0 Å². The molecule has 0 amide bonds. The van der Waals surface area contributed by atoms with E-state index in [1.165, 1.54) is 0 Å². The van der Waals surface area contributed by atoms with Crippen LogP contribution in [0.25, 0.3) is 0 Å². The molecule has 0 radical (unpaired) electrons. The number of hydrogen-bond donors (Lipinski definition) is 0. The van der Waals surface area contributed by atoms with Crippen LogP contribution in [0.4, 0.5) is 0 Å². The van der Waals surface area contributed by atoms with Crippen LogP contribution in [0, 0.1) is 0 Å². The van der Waals surface area contributed by atoms with E-state index in [0.717, 1.165) is 20.8 Å². The van der Waals surface area contributed by atoms with Crippen molar-refractivity contribution in [2.75, 3.05) is 0 Å². The molecule has 0 aromatic heterocycles. The maximum Gasteiger partial charge on any atom is 3.00 e. The fourth-order valence-corrected chi connectivity index (χ4v) is 0. The average Bonchev–Trinajstić information content (AvgIpc) is 2.18. The van der Waals surface area contributed by atoms with Crippen molar-refractivity contribution in [3.05, 3.63) is 0 Å². The molecule has 102 valence electrons. The standard InChI is InChI=1S/3C3H4O3.Al/c3*1-2(4)3(5)6;/h3*1H3,(H,5,6);/q;;;+3/p-3. The van der Waals surface area contributed by atoms with Gasteiger partial charge in [0.05, 0.1) is 0 Å². The number of rotatable bonds is 3. The van der Waals surface area contributed by atoms with Gasteiger partial charge in [-0.1, -0.05) is 0 Å². The number of carbonyl (C=O) groups excluding carboxylic acids is 6. The van der Waals surface area contributed by atoms with Gasteiger partial charge in [-0.25, -0.2) is 0 Å². The Balaban J connectivity index is -0.0000000865. The number of aliphatic carboxylic acids is 3. The molecule has 0 aromatic rings. The summed E-state index contributed by atoms with van der Waals surface area (Å²) in [6.45, 7) is 2.82. The van der Waals surface area contributed by atoms with Crippen molar-refractivity contribution in [3.63, 3.8) is 0 Å². The summed E-state index contributed by atoms with van der Waals surface area (Å²) in [7, 11) is 0. The molecule has 9 nitrogen and oxygen atoms in total. The first-order chi connectivity index (χ1) is 7.93. The Hall–Kier alpha value is -2.05. The minimum Gasteiger partial charge on any atom is -0.542 e. The molecule has 10 heteroatoms. The van der Waals surface area contributed by atoms with E-state index >= 15 is 0 Å². The van der Waals surface area contributed by atoms with Gasteiger partial charge in [-0.3, -0.25) is 14.4 Å². The molecule has 0 aliphatic heterocycles. The summed E-state index contributed by atoms with van der Waals surface area (Å²) < 4.78 is 0. The molecule has 0 bridgehead atoms. The Morgan fingerprint density at radius 3 is 0.579 bits per heavy atom. The predicted octanol–water partition coefficient (Wildman–Crippen LogP) is -5.40. The molecule has 0 fully saturated rings. The largest absolute Gasteiger partial charge is 3.00 e. The topological polar surface area (TPSA) is 172 Å². The number of carbonyl (C=O) groups is 6. The van der Waals surface area contributed by atoms with Gasteiger partial charge in [-0.15, -0.1) is 0 Å². The maximum absolute atomic E-state index is 9.48. The summed E-state index contributed by atoms with van der Waals surface area (Å²) in [6, 6.07) is 0. The van der Waals surface area contributed by atoms with Crippen molar-refractivity contribution >= 4 is 52.6 Å². The normalized spacial score (nSPS) is 7.11. The summed E-state index contributed by atoms with van der Waals surface area (Å²) in [5.74, 6) is -7.69. The van der Waals surface area contributed by atoms with Crippen molar-refractivity contribution < 1.29 is 44.1 Å². The number of carboxylic acids is 3. The van der Waals surface area contributed by atoms with Crippen LogP contribution in [-0.4, -0.2) is 52.6 Å². The first-order valence-corrected chi connectivity index (χ1v) is 4.09. The average molecular weight is 288 g/mol. The molecule has 0 N–H and O–H groups in total. The van der Waals surface area contributed by atoms with Gasteiger partial charge in [0.1, 0.15) is 17.9 Å². The zero-order valence-electron chi connectivity index (χ0n) is 10.3. The van der Waals surface area contributed by atoms with Crippen LogP contribution in [0.3, 0.4) is 0 Å². The number of hydrogen-bond acceptors (Lipinski definition) is 9. The van der Waals surface area contributed by atoms with E-state index in [-0.39, 0.29) is 17.4 Å². The molecule has 0 aliphatic rings. The van der Waals surface area contributed by atoms with Crippen LogP contribution in [0.1, 0.15) is 20.8 Å². The van der Waals surface area contributed by atoms with Crippen LogP contribution in [0.5, 0.6) is 0 Å². The van der Waals surface area contributed by atoms with Crippen molar-refractivity contribution in [2.45, 2.75) is 20.8 Å². The van der Waals surface area contributed by atoms with Gasteiger partial charge in [-0.05, 0) is 0 Å².